The number of para-hydroxylation sites is 1. The van der Waals surface area contributed by atoms with Gasteiger partial charge in [-0.3, -0.25) is 0 Å². The van der Waals surface area contributed by atoms with Gasteiger partial charge in [-0.2, -0.15) is 0 Å². The summed E-state index contributed by atoms with van der Waals surface area (Å²) in [4.78, 5) is 15.5. The van der Waals surface area contributed by atoms with Crippen LogP contribution in [0.5, 0.6) is 0 Å². The van der Waals surface area contributed by atoms with Crippen LogP contribution in [0, 0.1) is 0 Å². The van der Waals surface area contributed by atoms with E-state index in [2.05, 4.69) is 164 Å². The van der Waals surface area contributed by atoms with E-state index in [4.69, 9.17) is 19.4 Å². The van der Waals surface area contributed by atoms with E-state index in [0.717, 1.165) is 55.0 Å². The van der Waals surface area contributed by atoms with Gasteiger partial charge in [-0.15, -0.1) is 0 Å². The summed E-state index contributed by atoms with van der Waals surface area (Å²) in [6.07, 6.45) is 0. The number of furan rings is 1. The van der Waals surface area contributed by atoms with Crippen molar-refractivity contribution in [3.63, 3.8) is 0 Å². The minimum Gasteiger partial charge on any atom is -0.456 e. The van der Waals surface area contributed by atoms with Crippen LogP contribution < -0.4 is 0 Å². The maximum absolute atomic E-state index is 6.84. The van der Waals surface area contributed by atoms with Crippen LogP contribution >= 0.6 is 0 Å². The van der Waals surface area contributed by atoms with Crippen LogP contribution in [0.25, 0.3) is 88.8 Å². The number of aromatic nitrogens is 3. The highest BCUT2D eigenvalue weighted by Gasteiger charge is 2.32. The van der Waals surface area contributed by atoms with Crippen LogP contribution in [0.2, 0.25) is 0 Å². The van der Waals surface area contributed by atoms with Gasteiger partial charge in [0.2, 0.25) is 0 Å². The van der Waals surface area contributed by atoms with Crippen LogP contribution in [-0.4, -0.2) is 15.0 Å². The lowest BCUT2D eigenvalue weighted by atomic mass is 9.88. The van der Waals surface area contributed by atoms with Crippen molar-refractivity contribution < 1.29 is 4.42 Å². The molecule has 0 unspecified atom stereocenters. The molecule has 4 heteroatoms. The third-order valence-electron chi connectivity index (χ3n) is 10.6. The van der Waals surface area contributed by atoms with Gasteiger partial charge in [0.25, 0.3) is 0 Å². The molecular weight excluding hydrogens is 635 g/mol. The molecule has 2 aromatic heterocycles. The first-order chi connectivity index (χ1) is 25.8. The summed E-state index contributed by atoms with van der Waals surface area (Å²) in [6, 6.07) is 59.7. The predicted molar refractivity (Wildman–Crippen MR) is 211 cm³/mol. The summed E-state index contributed by atoms with van der Waals surface area (Å²) in [5.74, 6) is 1.93. The lowest BCUT2D eigenvalue weighted by molar-refractivity contribution is 0.661. The molecule has 0 bridgehead atoms. The monoisotopic (exact) mass is 663 g/mol. The van der Waals surface area contributed by atoms with Crippen molar-refractivity contribution in [3.8, 4) is 45.3 Å². The van der Waals surface area contributed by atoms with E-state index < -0.39 is 0 Å². The molecule has 0 atom stereocenters. The smallest absolute Gasteiger partial charge is 0.164 e. The standard InChI is InChI=1S/C48H29N3O/c1-3-13-31-27-33(25-23-29(31)11-1)46-49-47(34-26-24-30-12-2-4-14-32(30)28-34)51-48(50-46)41-21-10-22-42-44(41)40-20-9-19-39(45(40)52-42)43-37-17-7-5-15-35(37)36-16-6-8-18-38(36)43/h1-28,43H. The summed E-state index contributed by atoms with van der Waals surface area (Å²) in [6.45, 7) is 0. The zero-order chi connectivity index (χ0) is 34.2. The second-order valence-corrected chi connectivity index (χ2v) is 13.5. The number of rotatable bonds is 4. The largest absolute Gasteiger partial charge is 0.456 e. The lowest BCUT2D eigenvalue weighted by Gasteiger charge is -2.14. The number of hydrogen-bond donors (Lipinski definition) is 0. The molecule has 11 rings (SSSR count). The zero-order valence-corrected chi connectivity index (χ0v) is 28.0. The van der Waals surface area contributed by atoms with Crippen molar-refractivity contribution in [1.29, 1.82) is 0 Å². The lowest BCUT2D eigenvalue weighted by Crippen LogP contribution is -2.00. The first-order valence-corrected chi connectivity index (χ1v) is 17.6. The van der Waals surface area contributed by atoms with Crippen molar-refractivity contribution in [3.05, 3.63) is 187 Å². The second-order valence-electron chi connectivity index (χ2n) is 13.5. The molecule has 2 heterocycles. The highest BCUT2D eigenvalue weighted by Crippen LogP contribution is 2.50. The normalized spacial score (nSPS) is 12.5. The Bertz CT molecular complexity index is 2910. The summed E-state index contributed by atoms with van der Waals surface area (Å²) in [5.41, 5.74) is 10.8. The van der Waals surface area contributed by atoms with Crippen molar-refractivity contribution >= 4 is 43.5 Å². The Morgan fingerprint density at radius 1 is 0.385 bits per heavy atom. The van der Waals surface area contributed by atoms with Gasteiger partial charge in [-0.25, -0.2) is 15.0 Å². The molecule has 8 aromatic carbocycles. The number of benzene rings is 8. The van der Waals surface area contributed by atoms with Crippen molar-refractivity contribution in [2.45, 2.75) is 5.92 Å². The van der Waals surface area contributed by atoms with Gasteiger partial charge in [0, 0.05) is 38.9 Å². The number of fused-ring (bicyclic) bond motifs is 8. The zero-order valence-electron chi connectivity index (χ0n) is 28.0. The summed E-state index contributed by atoms with van der Waals surface area (Å²) < 4.78 is 6.84. The molecule has 0 spiro atoms. The quantitative estimate of drug-likeness (QED) is 0.188. The molecule has 0 aliphatic heterocycles. The van der Waals surface area contributed by atoms with E-state index in [1.54, 1.807) is 0 Å². The molecule has 0 fully saturated rings. The van der Waals surface area contributed by atoms with Gasteiger partial charge in [0.1, 0.15) is 11.2 Å². The Kier molecular flexibility index (Phi) is 6.28. The average Bonchev–Trinajstić information content (AvgIpc) is 3.76. The molecule has 4 nitrogen and oxygen atoms in total. The van der Waals surface area contributed by atoms with Gasteiger partial charge in [0.15, 0.2) is 17.5 Å². The molecule has 0 amide bonds. The molecule has 10 aromatic rings. The fourth-order valence-electron chi connectivity index (χ4n) is 8.19. The summed E-state index contributed by atoms with van der Waals surface area (Å²) in [5, 5.41) is 6.67. The third kappa shape index (κ3) is 4.44. The predicted octanol–water partition coefficient (Wildman–Crippen LogP) is 12.2. The molecule has 1 aliphatic rings. The number of hydrogen-bond acceptors (Lipinski definition) is 4. The van der Waals surface area contributed by atoms with Crippen LogP contribution in [0.4, 0.5) is 0 Å². The first-order valence-electron chi connectivity index (χ1n) is 17.6. The van der Waals surface area contributed by atoms with E-state index in [1.807, 2.05) is 6.07 Å². The second kappa shape index (κ2) is 11.3. The van der Waals surface area contributed by atoms with Crippen molar-refractivity contribution in [1.82, 2.24) is 15.0 Å². The van der Waals surface area contributed by atoms with E-state index in [-0.39, 0.29) is 5.92 Å². The van der Waals surface area contributed by atoms with Gasteiger partial charge < -0.3 is 4.42 Å². The van der Waals surface area contributed by atoms with Crippen LogP contribution in [0.1, 0.15) is 22.6 Å². The fourth-order valence-corrected chi connectivity index (χ4v) is 8.19. The third-order valence-corrected chi connectivity index (χ3v) is 10.6. The Morgan fingerprint density at radius 2 is 0.885 bits per heavy atom. The molecule has 0 N–H and O–H groups in total. The Morgan fingerprint density at radius 3 is 1.52 bits per heavy atom. The Hall–Kier alpha value is -6.91. The summed E-state index contributed by atoms with van der Waals surface area (Å²) >= 11 is 0. The minimum atomic E-state index is 0.0660. The highest BCUT2D eigenvalue weighted by molar-refractivity contribution is 6.13. The van der Waals surface area contributed by atoms with Crippen LogP contribution in [-0.2, 0) is 0 Å². The maximum atomic E-state index is 6.84. The summed E-state index contributed by atoms with van der Waals surface area (Å²) in [7, 11) is 0. The number of nitrogens with zero attached hydrogens (tertiary/aromatic N) is 3. The van der Waals surface area contributed by atoms with Gasteiger partial charge in [0.05, 0.1) is 0 Å². The molecule has 242 valence electrons. The average molecular weight is 664 g/mol. The Labute approximate surface area is 299 Å². The molecule has 0 radical (unpaired) electrons. The highest BCUT2D eigenvalue weighted by atomic mass is 16.3. The van der Waals surface area contributed by atoms with Gasteiger partial charge >= 0.3 is 0 Å². The van der Waals surface area contributed by atoms with Gasteiger partial charge in [-0.1, -0.05) is 152 Å². The molecule has 1 aliphatic carbocycles. The SMILES string of the molecule is c1ccc2c(c1)-c1ccccc1C2c1cccc2c1oc1cccc(-c3nc(-c4ccc5ccccc5c4)nc(-c4ccc5ccccc5c4)n3)c12. The molecule has 0 saturated heterocycles. The van der Waals surface area contributed by atoms with Crippen molar-refractivity contribution in [2.24, 2.45) is 0 Å². The first kappa shape index (κ1) is 28.9. The van der Waals surface area contributed by atoms with E-state index >= 15 is 0 Å². The van der Waals surface area contributed by atoms with Crippen LogP contribution in [0.3, 0.4) is 0 Å². The molecule has 0 saturated carbocycles. The minimum absolute atomic E-state index is 0.0660. The Balaban J connectivity index is 1.14. The van der Waals surface area contributed by atoms with Crippen molar-refractivity contribution in [2.75, 3.05) is 0 Å². The fraction of sp³-hybridized carbons (Fsp3) is 0.0208. The maximum Gasteiger partial charge on any atom is 0.164 e. The molecular formula is C48H29N3O. The van der Waals surface area contributed by atoms with E-state index in [1.165, 1.54) is 33.0 Å². The van der Waals surface area contributed by atoms with Crippen LogP contribution in [0.15, 0.2) is 174 Å². The van der Waals surface area contributed by atoms with Gasteiger partial charge in [-0.05, 0) is 62.0 Å². The topological polar surface area (TPSA) is 51.8 Å². The molecule has 52 heavy (non-hydrogen) atoms. The van der Waals surface area contributed by atoms with E-state index in [9.17, 15) is 0 Å². The van der Waals surface area contributed by atoms with E-state index in [0.29, 0.717) is 17.5 Å².